The maximum Gasteiger partial charge on any atom is 0.0596 e. The molecule has 1 saturated heterocycles. The van der Waals surface area contributed by atoms with E-state index in [2.05, 4.69) is 25.8 Å². The second kappa shape index (κ2) is 2.67. The first kappa shape index (κ1) is 7.03. The van der Waals surface area contributed by atoms with Crippen molar-refractivity contribution in [1.29, 1.82) is 0 Å². The van der Waals surface area contributed by atoms with E-state index >= 15 is 0 Å². The summed E-state index contributed by atoms with van der Waals surface area (Å²) in [5.41, 5.74) is 0. The van der Waals surface area contributed by atoms with Gasteiger partial charge in [0.25, 0.3) is 0 Å². The Kier molecular flexibility index (Phi) is 2.09. The first-order valence-electron chi connectivity index (χ1n) is 3.38. The Labute approximate surface area is 56.8 Å². The molecule has 2 heteroatoms. The molecule has 54 valence electrons. The third kappa shape index (κ3) is 1.43. The average molecular weight is 128 g/mol. The monoisotopic (exact) mass is 128 g/mol. The minimum absolute atomic E-state index is 0.480. The van der Waals surface area contributed by atoms with Crippen molar-refractivity contribution >= 4 is 0 Å². The fourth-order valence-corrected chi connectivity index (χ4v) is 1.04. The fourth-order valence-electron chi connectivity index (χ4n) is 1.04. The molecule has 1 fully saturated rings. The molecule has 1 aliphatic heterocycles. The minimum atomic E-state index is 0.480. The number of hydrogen-bond donors (Lipinski definition) is 0. The third-order valence-electron chi connectivity index (χ3n) is 1.85. The SMILES string of the molecule is [CH2-]N1C(C)COCC1C. The zero-order valence-electron chi connectivity index (χ0n) is 6.13. The molecule has 0 spiro atoms. The van der Waals surface area contributed by atoms with E-state index in [4.69, 9.17) is 4.74 Å². The molecule has 9 heavy (non-hydrogen) atoms. The lowest BCUT2D eigenvalue weighted by Gasteiger charge is -2.42. The molecule has 0 saturated carbocycles. The Morgan fingerprint density at radius 3 is 2.11 bits per heavy atom. The van der Waals surface area contributed by atoms with E-state index in [-0.39, 0.29) is 0 Å². The van der Waals surface area contributed by atoms with Gasteiger partial charge in [-0.25, -0.2) is 0 Å². The fraction of sp³-hybridized carbons (Fsp3) is 0.857. The second-order valence-electron chi connectivity index (χ2n) is 2.75. The molecule has 2 atom stereocenters. The number of hydrogen-bond acceptors (Lipinski definition) is 2. The molecule has 2 unspecified atom stereocenters. The summed E-state index contributed by atoms with van der Waals surface area (Å²) >= 11 is 0. The molecular weight excluding hydrogens is 114 g/mol. The first-order chi connectivity index (χ1) is 4.22. The van der Waals surface area contributed by atoms with Gasteiger partial charge in [-0.3, -0.25) is 7.05 Å². The number of morpholine rings is 1. The van der Waals surface area contributed by atoms with Gasteiger partial charge < -0.3 is 9.64 Å². The minimum Gasteiger partial charge on any atom is -0.451 e. The molecule has 0 aliphatic carbocycles. The highest BCUT2D eigenvalue weighted by atomic mass is 16.5. The summed E-state index contributed by atoms with van der Waals surface area (Å²) in [7, 11) is 3.91. The van der Waals surface area contributed by atoms with Crippen molar-refractivity contribution in [3.05, 3.63) is 7.05 Å². The lowest BCUT2D eigenvalue weighted by Crippen LogP contribution is -2.45. The Balaban J connectivity index is 2.41. The van der Waals surface area contributed by atoms with Crippen molar-refractivity contribution in [3.63, 3.8) is 0 Å². The third-order valence-corrected chi connectivity index (χ3v) is 1.85. The van der Waals surface area contributed by atoms with E-state index in [1.54, 1.807) is 0 Å². The van der Waals surface area contributed by atoms with Crippen LogP contribution in [0.5, 0.6) is 0 Å². The van der Waals surface area contributed by atoms with Gasteiger partial charge in [0, 0.05) is 12.1 Å². The standard InChI is InChI=1S/C7H14NO/c1-6-4-9-5-7(2)8(6)3/h6-7H,3-5H2,1-2H3/q-1. The quantitative estimate of drug-likeness (QED) is 0.449. The van der Waals surface area contributed by atoms with Gasteiger partial charge in [-0.1, -0.05) is 0 Å². The van der Waals surface area contributed by atoms with E-state index in [1.807, 2.05) is 0 Å². The Bertz CT molecular complexity index is 84.9. The van der Waals surface area contributed by atoms with Gasteiger partial charge in [0.2, 0.25) is 0 Å². The van der Waals surface area contributed by atoms with E-state index in [0.29, 0.717) is 12.1 Å². The summed E-state index contributed by atoms with van der Waals surface area (Å²) < 4.78 is 5.28. The number of rotatable bonds is 0. The van der Waals surface area contributed by atoms with Crippen LogP contribution in [0.15, 0.2) is 0 Å². The highest BCUT2D eigenvalue weighted by Crippen LogP contribution is 2.09. The highest BCUT2D eigenvalue weighted by molar-refractivity contribution is 4.76. The molecule has 1 heterocycles. The van der Waals surface area contributed by atoms with Crippen molar-refractivity contribution in [2.75, 3.05) is 13.2 Å². The molecule has 0 radical (unpaired) electrons. The molecule has 0 aromatic carbocycles. The van der Waals surface area contributed by atoms with E-state index < -0.39 is 0 Å². The number of ether oxygens (including phenoxy) is 1. The lowest BCUT2D eigenvalue weighted by atomic mass is 10.2. The van der Waals surface area contributed by atoms with Crippen LogP contribution in [0.3, 0.4) is 0 Å². The van der Waals surface area contributed by atoms with Crippen molar-refractivity contribution in [1.82, 2.24) is 4.90 Å². The van der Waals surface area contributed by atoms with Gasteiger partial charge in [-0.2, -0.15) is 0 Å². The molecule has 1 rings (SSSR count). The molecule has 0 N–H and O–H groups in total. The smallest absolute Gasteiger partial charge is 0.0596 e. The summed E-state index contributed by atoms with van der Waals surface area (Å²) in [6.07, 6.45) is 0. The van der Waals surface area contributed by atoms with Crippen LogP contribution in [0, 0.1) is 7.05 Å². The molecule has 0 aromatic rings. The van der Waals surface area contributed by atoms with Crippen LogP contribution in [0.25, 0.3) is 0 Å². The summed E-state index contributed by atoms with van der Waals surface area (Å²) in [5, 5.41) is 0. The normalized spacial score (nSPS) is 39.0. The summed E-state index contributed by atoms with van der Waals surface area (Å²) in [6, 6.07) is 0.961. The van der Waals surface area contributed by atoms with Gasteiger partial charge in [0.15, 0.2) is 0 Å². The summed E-state index contributed by atoms with van der Waals surface area (Å²) in [6.45, 7) is 5.91. The largest absolute Gasteiger partial charge is 0.451 e. The van der Waals surface area contributed by atoms with Crippen LogP contribution in [0.2, 0.25) is 0 Å². The zero-order chi connectivity index (χ0) is 6.85. The Morgan fingerprint density at radius 1 is 1.33 bits per heavy atom. The average Bonchev–Trinajstić information content (AvgIpc) is 1.83. The van der Waals surface area contributed by atoms with Gasteiger partial charge >= 0.3 is 0 Å². The molecule has 0 aromatic heterocycles. The van der Waals surface area contributed by atoms with Crippen LogP contribution < -0.4 is 0 Å². The van der Waals surface area contributed by atoms with E-state index in [9.17, 15) is 0 Å². The van der Waals surface area contributed by atoms with Crippen molar-refractivity contribution in [2.24, 2.45) is 0 Å². The number of nitrogens with zero attached hydrogens (tertiary/aromatic N) is 1. The maximum absolute atomic E-state index is 5.28. The van der Waals surface area contributed by atoms with Gasteiger partial charge in [-0.15, -0.1) is 0 Å². The van der Waals surface area contributed by atoms with Crippen LogP contribution >= 0.6 is 0 Å². The molecule has 0 bridgehead atoms. The molecule has 0 amide bonds. The van der Waals surface area contributed by atoms with Crippen molar-refractivity contribution in [3.8, 4) is 0 Å². The summed E-state index contributed by atoms with van der Waals surface area (Å²) in [4.78, 5) is 2.10. The Morgan fingerprint density at radius 2 is 1.78 bits per heavy atom. The predicted molar refractivity (Wildman–Crippen MR) is 36.9 cm³/mol. The summed E-state index contributed by atoms with van der Waals surface area (Å²) in [5.74, 6) is 0. The predicted octanol–water partition coefficient (Wildman–Crippen LogP) is 0.887. The van der Waals surface area contributed by atoms with Crippen molar-refractivity contribution < 1.29 is 4.74 Å². The van der Waals surface area contributed by atoms with Gasteiger partial charge in [0.1, 0.15) is 0 Å². The lowest BCUT2D eigenvalue weighted by molar-refractivity contribution is -0.0134. The van der Waals surface area contributed by atoms with Crippen LogP contribution in [0.1, 0.15) is 13.8 Å². The first-order valence-corrected chi connectivity index (χ1v) is 3.38. The highest BCUT2D eigenvalue weighted by Gasteiger charge is 2.15. The van der Waals surface area contributed by atoms with E-state index in [0.717, 1.165) is 13.2 Å². The molecule has 2 nitrogen and oxygen atoms in total. The van der Waals surface area contributed by atoms with E-state index in [1.165, 1.54) is 0 Å². The van der Waals surface area contributed by atoms with Crippen molar-refractivity contribution in [2.45, 2.75) is 25.9 Å². The van der Waals surface area contributed by atoms with Crippen LogP contribution in [-0.4, -0.2) is 30.2 Å². The van der Waals surface area contributed by atoms with Gasteiger partial charge in [-0.05, 0) is 13.8 Å². The van der Waals surface area contributed by atoms with Crippen LogP contribution in [-0.2, 0) is 4.74 Å². The maximum atomic E-state index is 5.28. The molecular formula is C7H14NO-. The molecule has 1 aliphatic rings. The van der Waals surface area contributed by atoms with Gasteiger partial charge in [0.05, 0.1) is 13.2 Å². The second-order valence-corrected chi connectivity index (χ2v) is 2.75. The van der Waals surface area contributed by atoms with Crippen LogP contribution in [0.4, 0.5) is 0 Å². The zero-order valence-corrected chi connectivity index (χ0v) is 6.13. The Hall–Kier alpha value is -0.0800. The topological polar surface area (TPSA) is 12.5 Å².